The van der Waals surface area contributed by atoms with Crippen molar-refractivity contribution in [1.82, 2.24) is 10.2 Å². The Bertz CT molecular complexity index is 748. The molecule has 6 nitrogen and oxygen atoms in total. The molecule has 2 aromatic rings. The van der Waals surface area contributed by atoms with Gasteiger partial charge < -0.3 is 19.4 Å². The van der Waals surface area contributed by atoms with E-state index in [4.69, 9.17) is 9.15 Å². The van der Waals surface area contributed by atoms with Gasteiger partial charge in [-0.05, 0) is 38.1 Å². The van der Waals surface area contributed by atoms with Crippen molar-refractivity contribution in [2.45, 2.75) is 18.9 Å². The van der Waals surface area contributed by atoms with Gasteiger partial charge in [0.1, 0.15) is 11.3 Å². The minimum absolute atomic E-state index is 0.00715. The van der Waals surface area contributed by atoms with Gasteiger partial charge in [0.15, 0.2) is 6.61 Å². The van der Waals surface area contributed by atoms with Crippen LogP contribution in [0.5, 0.6) is 5.75 Å². The molecule has 1 amide bonds. The maximum Gasteiger partial charge on any atom is 0.336 e. The lowest BCUT2D eigenvalue weighted by molar-refractivity contribution is -0.134. The molecule has 6 heteroatoms. The molecule has 1 aromatic heterocycles. The molecular weight excluding hydrogens is 296 g/mol. The summed E-state index contributed by atoms with van der Waals surface area (Å²) in [7, 11) is 1.95. The average molecular weight is 316 g/mol. The zero-order chi connectivity index (χ0) is 16.2. The summed E-state index contributed by atoms with van der Waals surface area (Å²) < 4.78 is 10.7. The first-order valence-corrected chi connectivity index (χ1v) is 7.77. The van der Waals surface area contributed by atoms with E-state index in [1.807, 2.05) is 11.9 Å². The third kappa shape index (κ3) is 3.71. The Hall–Kier alpha value is -2.34. The van der Waals surface area contributed by atoms with Crippen LogP contribution in [-0.2, 0) is 4.79 Å². The number of piperidine rings is 1. The fourth-order valence-corrected chi connectivity index (χ4v) is 2.78. The normalized spacial score (nSPS) is 15.8. The third-order valence-corrected chi connectivity index (χ3v) is 4.21. The van der Waals surface area contributed by atoms with E-state index in [-0.39, 0.29) is 12.5 Å². The predicted octanol–water partition coefficient (Wildman–Crippen LogP) is 1.38. The van der Waals surface area contributed by atoms with Crippen LogP contribution in [0.4, 0.5) is 0 Å². The zero-order valence-corrected chi connectivity index (χ0v) is 13.1. The topological polar surface area (TPSA) is 71.8 Å². The molecule has 122 valence electrons. The number of hydrogen-bond acceptors (Lipinski definition) is 5. The maximum absolute atomic E-state index is 12.2. The van der Waals surface area contributed by atoms with Gasteiger partial charge in [0, 0.05) is 36.7 Å². The smallest absolute Gasteiger partial charge is 0.336 e. The number of likely N-dealkylation sites (tertiary alicyclic amines) is 1. The van der Waals surface area contributed by atoms with Crippen LogP contribution in [0, 0.1) is 0 Å². The van der Waals surface area contributed by atoms with Crippen molar-refractivity contribution in [2.75, 3.05) is 26.7 Å². The van der Waals surface area contributed by atoms with E-state index in [0.29, 0.717) is 17.4 Å². The number of fused-ring (bicyclic) bond motifs is 1. The average Bonchev–Trinajstić information content (AvgIpc) is 2.59. The standard InChI is InChI=1S/C17H20N2O4/c1-18-13-6-8-19(9-7-13)16(20)11-22-14-4-2-12-3-5-17(21)23-15(12)10-14/h2-5,10,13,18H,6-9,11H2,1H3. The van der Waals surface area contributed by atoms with Gasteiger partial charge in [-0.15, -0.1) is 0 Å². The summed E-state index contributed by atoms with van der Waals surface area (Å²) in [5.74, 6) is 0.500. The lowest BCUT2D eigenvalue weighted by Gasteiger charge is -2.31. The molecule has 23 heavy (non-hydrogen) atoms. The van der Waals surface area contributed by atoms with E-state index in [1.54, 1.807) is 24.3 Å². The molecule has 3 rings (SSSR count). The van der Waals surface area contributed by atoms with Crippen LogP contribution in [-0.4, -0.2) is 43.6 Å². The second-order valence-corrected chi connectivity index (χ2v) is 5.69. The van der Waals surface area contributed by atoms with Crippen LogP contribution in [0.2, 0.25) is 0 Å². The number of amides is 1. The molecule has 0 spiro atoms. The van der Waals surface area contributed by atoms with Crippen molar-refractivity contribution < 1.29 is 13.9 Å². The SMILES string of the molecule is CNC1CCN(C(=O)COc2ccc3ccc(=O)oc3c2)CC1. The lowest BCUT2D eigenvalue weighted by atomic mass is 10.1. The van der Waals surface area contributed by atoms with Crippen LogP contribution in [0.15, 0.2) is 39.5 Å². The minimum Gasteiger partial charge on any atom is -0.484 e. The summed E-state index contributed by atoms with van der Waals surface area (Å²) >= 11 is 0. The number of hydrogen-bond donors (Lipinski definition) is 1. The van der Waals surface area contributed by atoms with Crippen molar-refractivity contribution in [3.8, 4) is 5.75 Å². The molecular formula is C17H20N2O4. The Morgan fingerprint density at radius 3 is 2.78 bits per heavy atom. The number of benzene rings is 1. The molecule has 0 radical (unpaired) electrons. The number of rotatable bonds is 4. The highest BCUT2D eigenvalue weighted by Crippen LogP contribution is 2.19. The van der Waals surface area contributed by atoms with Crippen molar-refractivity contribution in [1.29, 1.82) is 0 Å². The summed E-state index contributed by atoms with van der Waals surface area (Å²) in [5.41, 5.74) is 0.0513. The van der Waals surface area contributed by atoms with Crippen molar-refractivity contribution in [2.24, 2.45) is 0 Å². The van der Waals surface area contributed by atoms with E-state index in [1.165, 1.54) is 6.07 Å². The summed E-state index contributed by atoms with van der Waals surface area (Å²) in [6, 6.07) is 8.77. The van der Waals surface area contributed by atoms with E-state index in [0.717, 1.165) is 31.3 Å². The molecule has 1 aliphatic rings. The first kappa shape index (κ1) is 15.6. The fourth-order valence-electron chi connectivity index (χ4n) is 2.78. The van der Waals surface area contributed by atoms with Crippen molar-refractivity contribution in [3.05, 3.63) is 40.8 Å². The lowest BCUT2D eigenvalue weighted by Crippen LogP contribution is -2.45. The first-order valence-electron chi connectivity index (χ1n) is 7.77. The number of nitrogens with one attached hydrogen (secondary N) is 1. The second kappa shape index (κ2) is 6.83. The van der Waals surface area contributed by atoms with Gasteiger partial charge >= 0.3 is 5.63 Å². The van der Waals surface area contributed by atoms with Gasteiger partial charge in [0.25, 0.3) is 5.91 Å². The molecule has 0 atom stereocenters. The van der Waals surface area contributed by atoms with Gasteiger partial charge in [0.2, 0.25) is 0 Å². The molecule has 1 fully saturated rings. The Labute approximate surface area is 134 Å². The number of ether oxygens (including phenoxy) is 1. The largest absolute Gasteiger partial charge is 0.484 e. The van der Waals surface area contributed by atoms with Crippen LogP contribution in [0.1, 0.15) is 12.8 Å². The Morgan fingerprint density at radius 2 is 2.04 bits per heavy atom. The summed E-state index contributed by atoms with van der Waals surface area (Å²) in [6.07, 6.45) is 1.92. The van der Waals surface area contributed by atoms with Crippen molar-refractivity contribution in [3.63, 3.8) is 0 Å². The molecule has 1 aromatic carbocycles. The van der Waals surface area contributed by atoms with Gasteiger partial charge in [-0.25, -0.2) is 4.79 Å². The number of carbonyl (C=O) groups excluding carboxylic acids is 1. The molecule has 0 saturated carbocycles. The fraction of sp³-hybridized carbons (Fsp3) is 0.412. The van der Waals surface area contributed by atoms with Crippen LogP contribution in [0.25, 0.3) is 11.0 Å². The molecule has 1 saturated heterocycles. The second-order valence-electron chi connectivity index (χ2n) is 5.69. The maximum atomic E-state index is 12.2. The number of nitrogens with zero attached hydrogens (tertiary/aromatic N) is 1. The van der Waals surface area contributed by atoms with E-state index in [9.17, 15) is 9.59 Å². The highest BCUT2D eigenvalue weighted by molar-refractivity contribution is 5.79. The van der Waals surface area contributed by atoms with E-state index >= 15 is 0 Å². The van der Waals surface area contributed by atoms with Crippen molar-refractivity contribution >= 4 is 16.9 Å². The molecule has 0 bridgehead atoms. The van der Waals surface area contributed by atoms with Gasteiger partial charge in [-0.1, -0.05) is 0 Å². The van der Waals surface area contributed by atoms with E-state index < -0.39 is 5.63 Å². The van der Waals surface area contributed by atoms with Gasteiger partial charge in [-0.3, -0.25) is 4.79 Å². The number of carbonyl (C=O) groups is 1. The Morgan fingerprint density at radius 1 is 1.30 bits per heavy atom. The quantitative estimate of drug-likeness (QED) is 0.863. The first-order chi connectivity index (χ1) is 11.2. The van der Waals surface area contributed by atoms with Crippen LogP contribution >= 0.6 is 0 Å². The molecule has 2 heterocycles. The summed E-state index contributed by atoms with van der Waals surface area (Å²) in [4.78, 5) is 25.3. The zero-order valence-electron chi connectivity index (χ0n) is 13.1. The molecule has 0 aliphatic carbocycles. The Balaban J connectivity index is 1.59. The van der Waals surface area contributed by atoms with Crippen LogP contribution in [0.3, 0.4) is 0 Å². The Kier molecular flexibility index (Phi) is 4.62. The minimum atomic E-state index is -0.405. The van der Waals surface area contributed by atoms with Gasteiger partial charge in [0.05, 0.1) is 0 Å². The predicted molar refractivity (Wildman–Crippen MR) is 86.6 cm³/mol. The summed E-state index contributed by atoms with van der Waals surface area (Å²) in [5, 5.41) is 4.05. The highest BCUT2D eigenvalue weighted by Gasteiger charge is 2.21. The van der Waals surface area contributed by atoms with Gasteiger partial charge in [-0.2, -0.15) is 0 Å². The summed E-state index contributed by atoms with van der Waals surface area (Å²) in [6.45, 7) is 1.49. The van der Waals surface area contributed by atoms with Crippen LogP contribution < -0.4 is 15.7 Å². The molecule has 1 aliphatic heterocycles. The molecule has 1 N–H and O–H groups in total. The third-order valence-electron chi connectivity index (χ3n) is 4.21. The highest BCUT2D eigenvalue weighted by atomic mass is 16.5. The monoisotopic (exact) mass is 316 g/mol. The molecule has 0 unspecified atom stereocenters. The van der Waals surface area contributed by atoms with E-state index in [2.05, 4.69) is 5.32 Å².